The van der Waals surface area contributed by atoms with Crippen LogP contribution in [-0.2, 0) is 11.3 Å². The fourth-order valence-corrected chi connectivity index (χ4v) is 3.53. The molecule has 6 nitrogen and oxygen atoms in total. The van der Waals surface area contributed by atoms with Crippen molar-refractivity contribution in [2.45, 2.75) is 6.61 Å². The van der Waals surface area contributed by atoms with Crippen LogP contribution < -0.4 is 14.8 Å². The normalized spacial score (nSPS) is 14.5. The Morgan fingerprint density at radius 1 is 1.21 bits per heavy atom. The third-order valence-electron chi connectivity index (χ3n) is 4.53. The van der Waals surface area contributed by atoms with Gasteiger partial charge in [-0.2, -0.15) is 0 Å². The van der Waals surface area contributed by atoms with Gasteiger partial charge >= 0.3 is 0 Å². The van der Waals surface area contributed by atoms with Crippen molar-refractivity contribution in [2.24, 2.45) is 0 Å². The van der Waals surface area contributed by atoms with Crippen LogP contribution in [-0.4, -0.2) is 57.3 Å². The Hall–Kier alpha value is -2.09. The number of ether oxygens (including phenoxy) is 3. The first kappa shape index (κ1) is 20.6. The van der Waals surface area contributed by atoms with Crippen molar-refractivity contribution in [2.75, 3.05) is 46.5 Å². The summed E-state index contributed by atoms with van der Waals surface area (Å²) in [6, 6.07) is 13.4. The van der Waals surface area contributed by atoms with Crippen LogP contribution in [0.2, 0.25) is 0 Å². The molecule has 7 heteroatoms. The molecule has 28 heavy (non-hydrogen) atoms. The van der Waals surface area contributed by atoms with Gasteiger partial charge in [0.1, 0.15) is 6.61 Å². The number of rotatable bonds is 8. The van der Waals surface area contributed by atoms with Crippen molar-refractivity contribution in [1.29, 1.82) is 0 Å². The average Bonchev–Trinajstić information content (AvgIpc) is 2.73. The van der Waals surface area contributed by atoms with Crippen LogP contribution in [0.4, 0.5) is 0 Å². The van der Waals surface area contributed by atoms with Crippen molar-refractivity contribution >= 4 is 21.8 Å². The largest absolute Gasteiger partial charge is 0.493 e. The molecular formula is C21H25BrN2O4. The van der Waals surface area contributed by atoms with Gasteiger partial charge in [0.25, 0.3) is 5.91 Å². The third-order valence-corrected chi connectivity index (χ3v) is 5.12. The molecular weight excluding hydrogens is 424 g/mol. The highest BCUT2D eigenvalue weighted by atomic mass is 79.9. The molecule has 3 rings (SSSR count). The Morgan fingerprint density at radius 3 is 2.68 bits per heavy atom. The van der Waals surface area contributed by atoms with E-state index in [2.05, 4.69) is 26.1 Å². The molecule has 1 fully saturated rings. The number of halogens is 1. The second kappa shape index (κ2) is 10.5. The molecule has 1 heterocycles. The van der Waals surface area contributed by atoms with E-state index in [1.54, 1.807) is 19.2 Å². The predicted molar refractivity (Wildman–Crippen MR) is 111 cm³/mol. The van der Waals surface area contributed by atoms with Crippen LogP contribution in [0.1, 0.15) is 15.9 Å². The first-order valence-electron chi connectivity index (χ1n) is 9.30. The predicted octanol–water partition coefficient (Wildman–Crippen LogP) is 3.10. The molecule has 0 spiro atoms. The number of nitrogens with zero attached hydrogens (tertiary/aromatic N) is 1. The van der Waals surface area contributed by atoms with E-state index in [0.717, 1.165) is 38.4 Å². The van der Waals surface area contributed by atoms with Crippen molar-refractivity contribution < 1.29 is 19.0 Å². The Morgan fingerprint density at radius 2 is 1.96 bits per heavy atom. The van der Waals surface area contributed by atoms with E-state index in [0.29, 0.717) is 34.7 Å². The Labute approximate surface area is 173 Å². The number of nitrogens with one attached hydrogen (secondary N) is 1. The number of amides is 1. The van der Waals surface area contributed by atoms with E-state index >= 15 is 0 Å². The summed E-state index contributed by atoms with van der Waals surface area (Å²) in [5, 5.41) is 2.96. The number of hydrogen-bond acceptors (Lipinski definition) is 5. The molecule has 1 aliphatic heterocycles. The lowest BCUT2D eigenvalue weighted by atomic mass is 10.2. The number of hydrogen-bond donors (Lipinski definition) is 1. The topological polar surface area (TPSA) is 60.0 Å². The summed E-state index contributed by atoms with van der Waals surface area (Å²) in [6.07, 6.45) is 0. The maximum absolute atomic E-state index is 12.5. The average molecular weight is 449 g/mol. The summed E-state index contributed by atoms with van der Waals surface area (Å²) in [5.74, 6) is 0.960. The molecule has 0 bridgehead atoms. The van der Waals surface area contributed by atoms with Gasteiger partial charge in [-0.15, -0.1) is 0 Å². The molecule has 0 radical (unpaired) electrons. The van der Waals surface area contributed by atoms with Crippen LogP contribution in [0.5, 0.6) is 11.5 Å². The second-order valence-corrected chi connectivity index (χ2v) is 7.33. The molecule has 0 aromatic heterocycles. The fraction of sp³-hybridized carbons (Fsp3) is 0.381. The maximum Gasteiger partial charge on any atom is 0.251 e. The zero-order valence-electron chi connectivity index (χ0n) is 15.9. The Bertz CT molecular complexity index is 779. The number of morpholine rings is 1. The van der Waals surface area contributed by atoms with E-state index in [1.807, 2.05) is 30.3 Å². The van der Waals surface area contributed by atoms with Gasteiger partial charge in [-0.1, -0.05) is 30.3 Å². The van der Waals surface area contributed by atoms with E-state index in [4.69, 9.17) is 14.2 Å². The van der Waals surface area contributed by atoms with Gasteiger partial charge in [0.05, 0.1) is 24.8 Å². The van der Waals surface area contributed by atoms with Gasteiger partial charge in [-0.3, -0.25) is 9.69 Å². The minimum atomic E-state index is -0.137. The van der Waals surface area contributed by atoms with Crippen LogP contribution >= 0.6 is 15.9 Å². The first-order valence-corrected chi connectivity index (χ1v) is 10.1. The molecule has 2 aromatic carbocycles. The minimum absolute atomic E-state index is 0.137. The number of methoxy groups -OCH3 is 1. The summed E-state index contributed by atoms with van der Waals surface area (Å²) in [6.45, 7) is 5.13. The Balaban J connectivity index is 1.60. The standard InChI is InChI=1S/C21H25BrN2O4/c1-26-19-14-17(21(25)23-7-8-24-9-11-27-12-10-24)13-18(22)20(19)28-15-16-5-3-2-4-6-16/h2-6,13-14H,7-12,15H2,1H3,(H,23,25). The second-order valence-electron chi connectivity index (χ2n) is 6.47. The highest BCUT2D eigenvalue weighted by Gasteiger charge is 2.16. The summed E-state index contributed by atoms with van der Waals surface area (Å²) in [7, 11) is 1.57. The molecule has 0 unspecified atom stereocenters. The van der Waals surface area contributed by atoms with Crippen molar-refractivity contribution in [3.8, 4) is 11.5 Å². The van der Waals surface area contributed by atoms with Crippen LogP contribution in [0.25, 0.3) is 0 Å². The lowest BCUT2D eigenvalue weighted by Crippen LogP contribution is -2.41. The van der Waals surface area contributed by atoms with Crippen molar-refractivity contribution in [3.63, 3.8) is 0 Å². The van der Waals surface area contributed by atoms with E-state index in [-0.39, 0.29) is 5.91 Å². The summed E-state index contributed by atoms with van der Waals surface area (Å²) in [4.78, 5) is 14.8. The summed E-state index contributed by atoms with van der Waals surface area (Å²) in [5.41, 5.74) is 1.58. The highest BCUT2D eigenvalue weighted by Crippen LogP contribution is 2.37. The summed E-state index contributed by atoms with van der Waals surface area (Å²) >= 11 is 3.50. The van der Waals surface area contributed by atoms with Gasteiger partial charge in [0, 0.05) is 31.7 Å². The van der Waals surface area contributed by atoms with E-state index in [1.165, 1.54) is 0 Å². The van der Waals surface area contributed by atoms with Crippen LogP contribution in [0.15, 0.2) is 46.9 Å². The minimum Gasteiger partial charge on any atom is -0.493 e. The van der Waals surface area contributed by atoms with Gasteiger partial charge in [0.2, 0.25) is 0 Å². The van der Waals surface area contributed by atoms with Crippen molar-refractivity contribution in [3.05, 3.63) is 58.1 Å². The smallest absolute Gasteiger partial charge is 0.251 e. The molecule has 0 saturated carbocycles. The lowest BCUT2D eigenvalue weighted by molar-refractivity contribution is 0.0383. The molecule has 0 aliphatic carbocycles. The zero-order chi connectivity index (χ0) is 19.8. The molecule has 1 aliphatic rings. The molecule has 2 aromatic rings. The number of carbonyl (C=O) groups is 1. The van der Waals surface area contributed by atoms with Gasteiger partial charge in [-0.25, -0.2) is 0 Å². The Kier molecular flexibility index (Phi) is 7.71. The quantitative estimate of drug-likeness (QED) is 0.672. The molecule has 0 atom stereocenters. The maximum atomic E-state index is 12.5. The van der Waals surface area contributed by atoms with Crippen molar-refractivity contribution in [1.82, 2.24) is 10.2 Å². The highest BCUT2D eigenvalue weighted by molar-refractivity contribution is 9.10. The summed E-state index contributed by atoms with van der Waals surface area (Å²) < 4.78 is 17.4. The zero-order valence-corrected chi connectivity index (χ0v) is 17.5. The third kappa shape index (κ3) is 5.70. The first-order chi connectivity index (χ1) is 13.7. The van der Waals surface area contributed by atoms with E-state index in [9.17, 15) is 4.79 Å². The molecule has 1 N–H and O–H groups in total. The SMILES string of the molecule is COc1cc(C(=O)NCCN2CCOCC2)cc(Br)c1OCc1ccccc1. The monoisotopic (exact) mass is 448 g/mol. The number of benzene rings is 2. The fourth-order valence-electron chi connectivity index (χ4n) is 2.98. The van der Waals surface area contributed by atoms with Crippen LogP contribution in [0.3, 0.4) is 0 Å². The van der Waals surface area contributed by atoms with Gasteiger partial charge < -0.3 is 19.5 Å². The van der Waals surface area contributed by atoms with Gasteiger partial charge in [-0.05, 0) is 33.6 Å². The van der Waals surface area contributed by atoms with Crippen LogP contribution in [0, 0.1) is 0 Å². The van der Waals surface area contributed by atoms with Gasteiger partial charge in [0.15, 0.2) is 11.5 Å². The molecule has 1 amide bonds. The van der Waals surface area contributed by atoms with E-state index < -0.39 is 0 Å². The lowest BCUT2D eigenvalue weighted by Gasteiger charge is -2.26. The number of carbonyl (C=O) groups excluding carboxylic acids is 1. The molecule has 150 valence electrons. The molecule has 1 saturated heterocycles.